The number of rotatable bonds is 5. The Morgan fingerprint density at radius 3 is 2.71 bits per heavy atom. The third-order valence-electron chi connectivity index (χ3n) is 3.51. The summed E-state index contributed by atoms with van der Waals surface area (Å²) in [6.45, 7) is -0.278. The first kappa shape index (κ1) is 19.6. The molecule has 9 heteroatoms. The van der Waals surface area contributed by atoms with Crippen LogP contribution >= 0.6 is 11.6 Å². The summed E-state index contributed by atoms with van der Waals surface area (Å²) in [5, 5.41) is 4.28. The van der Waals surface area contributed by atoms with Gasteiger partial charge in [-0.15, -0.1) is 0 Å². The molecule has 0 N–H and O–H groups in total. The fraction of sp³-hybridized carbons (Fsp3) is 0.105. The van der Waals surface area contributed by atoms with Crippen LogP contribution in [0.15, 0.2) is 59.1 Å². The normalized spacial score (nSPS) is 11.7. The molecule has 0 fully saturated rings. The van der Waals surface area contributed by atoms with Crippen LogP contribution in [-0.4, -0.2) is 16.1 Å². The van der Waals surface area contributed by atoms with Gasteiger partial charge in [-0.3, -0.25) is 0 Å². The van der Waals surface area contributed by atoms with Crippen molar-refractivity contribution < 1.29 is 27.2 Å². The summed E-state index contributed by atoms with van der Waals surface area (Å²) >= 11 is 5.90. The van der Waals surface area contributed by atoms with E-state index >= 15 is 0 Å². The van der Waals surface area contributed by atoms with E-state index in [9.17, 15) is 18.0 Å². The second-order valence-electron chi connectivity index (χ2n) is 5.59. The Hall–Kier alpha value is -3.13. The van der Waals surface area contributed by atoms with E-state index in [0.29, 0.717) is 10.6 Å². The average molecular weight is 409 g/mol. The minimum atomic E-state index is -4.46. The predicted octanol–water partition coefficient (Wildman–Crippen LogP) is 5.17. The molecule has 0 aliphatic heterocycles. The fourth-order valence-electron chi connectivity index (χ4n) is 2.22. The van der Waals surface area contributed by atoms with Crippen molar-refractivity contribution in [3.8, 4) is 11.4 Å². The summed E-state index contributed by atoms with van der Waals surface area (Å²) in [6.07, 6.45) is -2.21. The zero-order valence-corrected chi connectivity index (χ0v) is 14.9. The van der Waals surface area contributed by atoms with Gasteiger partial charge in [-0.25, -0.2) is 4.79 Å². The molecule has 1 heterocycles. The van der Waals surface area contributed by atoms with Crippen LogP contribution in [-0.2, 0) is 22.3 Å². The molecule has 5 nitrogen and oxygen atoms in total. The van der Waals surface area contributed by atoms with Crippen LogP contribution in [0.25, 0.3) is 17.5 Å². The van der Waals surface area contributed by atoms with Crippen molar-refractivity contribution in [2.24, 2.45) is 0 Å². The summed E-state index contributed by atoms with van der Waals surface area (Å²) in [5.74, 6) is -0.413. The van der Waals surface area contributed by atoms with Crippen LogP contribution < -0.4 is 0 Å². The first-order chi connectivity index (χ1) is 13.3. The Bertz CT molecular complexity index is 1020. The summed E-state index contributed by atoms with van der Waals surface area (Å²) in [7, 11) is 0. The number of esters is 1. The number of aromatic nitrogens is 2. The molecule has 1 aromatic heterocycles. The first-order valence-electron chi connectivity index (χ1n) is 7.92. The van der Waals surface area contributed by atoms with Gasteiger partial charge >= 0.3 is 12.1 Å². The Labute approximate surface area is 162 Å². The van der Waals surface area contributed by atoms with Gasteiger partial charge in [-0.1, -0.05) is 41.0 Å². The maximum Gasteiger partial charge on any atom is 0.416 e. The zero-order valence-electron chi connectivity index (χ0n) is 14.1. The minimum absolute atomic E-state index is 0.0656. The van der Waals surface area contributed by atoms with E-state index in [1.165, 1.54) is 18.2 Å². The number of nitrogens with zero attached hydrogens (tertiary/aromatic N) is 2. The van der Waals surface area contributed by atoms with Crippen LogP contribution in [0.1, 0.15) is 17.0 Å². The second kappa shape index (κ2) is 8.26. The molecule has 0 bridgehead atoms. The lowest BCUT2D eigenvalue weighted by Gasteiger charge is -2.06. The molecule has 2 aromatic carbocycles. The lowest BCUT2D eigenvalue weighted by Crippen LogP contribution is -2.04. The second-order valence-corrected chi connectivity index (χ2v) is 6.02. The van der Waals surface area contributed by atoms with Crippen LogP contribution in [0.2, 0.25) is 5.02 Å². The number of alkyl halides is 3. The summed E-state index contributed by atoms with van der Waals surface area (Å²) in [6, 6.07) is 11.4. The number of hydrogen-bond donors (Lipinski definition) is 0. The van der Waals surface area contributed by atoms with Crippen LogP contribution in [0.4, 0.5) is 13.2 Å². The highest BCUT2D eigenvalue weighted by Crippen LogP contribution is 2.29. The molecule has 144 valence electrons. The van der Waals surface area contributed by atoms with E-state index in [4.69, 9.17) is 20.9 Å². The van der Waals surface area contributed by atoms with Crippen molar-refractivity contribution in [3.05, 3.63) is 76.6 Å². The fourth-order valence-corrected chi connectivity index (χ4v) is 2.41. The number of hydrogen-bond acceptors (Lipinski definition) is 5. The third kappa shape index (κ3) is 5.20. The van der Waals surface area contributed by atoms with Crippen molar-refractivity contribution in [2.75, 3.05) is 0 Å². The van der Waals surface area contributed by atoms with E-state index < -0.39 is 17.7 Å². The molecule has 0 aliphatic rings. The average Bonchev–Trinajstić information content (AvgIpc) is 3.13. The number of benzene rings is 2. The molecular formula is C19H12ClF3N2O3. The SMILES string of the molecule is O=C(C=Cc1cccc(C(F)(F)F)c1)OCc1nc(-c2cccc(Cl)c2)no1. The smallest absolute Gasteiger partial charge is 0.416 e. The molecule has 3 aromatic rings. The van der Waals surface area contributed by atoms with E-state index in [2.05, 4.69) is 10.1 Å². The van der Waals surface area contributed by atoms with Gasteiger partial charge in [0.15, 0.2) is 6.61 Å². The first-order valence-corrected chi connectivity index (χ1v) is 8.30. The quantitative estimate of drug-likeness (QED) is 0.430. The van der Waals surface area contributed by atoms with Gasteiger partial charge in [0.25, 0.3) is 5.89 Å². The van der Waals surface area contributed by atoms with Gasteiger partial charge < -0.3 is 9.26 Å². The molecule has 0 saturated carbocycles. The lowest BCUT2D eigenvalue weighted by atomic mass is 10.1. The number of carbonyl (C=O) groups is 1. The van der Waals surface area contributed by atoms with Crippen molar-refractivity contribution in [2.45, 2.75) is 12.8 Å². The summed E-state index contributed by atoms with van der Waals surface area (Å²) < 4.78 is 48.0. The molecule has 0 spiro atoms. The number of ether oxygens (including phenoxy) is 1. The van der Waals surface area contributed by atoms with Gasteiger partial charge in [0.1, 0.15) is 0 Å². The van der Waals surface area contributed by atoms with E-state index in [1.54, 1.807) is 24.3 Å². The molecule has 28 heavy (non-hydrogen) atoms. The van der Waals surface area contributed by atoms with Crippen molar-refractivity contribution in [1.82, 2.24) is 10.1 Å². The van der Waals surface area contributed by atoms with E-state index in [-0.39, 0.29) is 23.9 Å². The zero-order chi connectivity index (χ0) is 20.1. The van der Waals surface area contributed by atoms with E-state index in [1.807, 2.05) is 0 Å². The molecule has 0 aliphatic carbocycles. The maximum atomic E-state index is 12.7. The molecule has 3 rings (SSSR count). The topological polar surface area (TPSA) is 65.2 Å². The van der Waals surface area contributed by atoms with Crippen LogP contribution in [0, 0.1) is 0 Å². The van der Waals surface area contributed by atoms with Crippen molar-refractivity contribution >= 4 is 23.6 Å². The Kier molecular flexibility index (Phi) is 5.79. The summed E-state index contributed by atoms with van der Waals surface area (Å²) in [5.41, 5.74) is 0.0495. The van der Waals surface area contributed by atoms with Gasteiger partial charge in [0, 0.05) is 16.7 Å². The highest BCUT2D eigenvalue weighted by Gasteiger charge is 2.30. The van der Waals surface area contributed by atoms with Crippen molar-refractivity contribution in [3.63, 3.8) is 0 Å². The highest BCUT2D eigenvalue weighted by atomic mass is 35.5. The third-order valence-corrected chi connectivity index (χ3v) is 3.75. The van der Waals surface area contributed by atoms with Gasteiger partial charge in [-0.05, 0) is 35.9 Å². The van der Waals surface area contributed by atoms with Gasteiger partial charge in [-0.2, -0.15) is 18.2 Å². The Balaban J connectivity index is 1.58. The maximum absolute atomic E-state index is 12.7. The Morgan fingerprint density at radius 1 is 1.18 bits per heavy atom. The van der Waals surface area contributed by atoms with E-state index in [0.717, 1.165) is 18.2 Å². The van der Waals surface area contributed by atoms with Crippen LogP contribution in [0.3, 0.4) is 0 Å². The highest BCUT2D eigenvalue weighted by molar-refractivity contribution is 6.30. The van der Waals surface area contributed by atoms with Crippen molar-refractivity contribution in [1.29, 1.82) is 0 Å². The standard InChI is InChI=1S/C19H12ClF3N2O3/c20-15-6-2-4-13(10-15)18-24-16(28-25-18)11-27-17(26)8-7-12-3-1-5-14(9-12)19(21,22)23/h1-10H,11H2. The molecule has 0 amide bonds. The Morgan fingerprint density at radius 2 is 1.96 bits per heavy atom. The van der Waals surface area contributed by atoms with Gasteiger partial charge in [0.05, 0.1) is 5.56 Å². The molecule has 0 radical (unpaired) electrons. The number of carbonyl (C=O) groups excluding carboxylic acids is 1. The molecular weight excluding hydrogens is 397 g/mol. The minimum Gasteiger partial charge on any atom is -0.452 e. The summed E-state index contributed by atoms with van der Waals surface area (Å²) in [4.78, 5) is 15.8. The lowest BCUT2D eigenvalue weighted by molar-refractivity contribution is -0.139. The molecule has 0 unspecified atom stereocenters. The molecule has 0 atom stereocenters. The predicted molar refractivity (Wildman–Crippen MR) is 95.0 cm³/mol. The van der Waals surface area contributed by atoms with Gasteiger partial charge in [0.2, 0.25) is 5.82 Å². The largest absolute Gasteiger partial charge is 0.452 e. The number of halogens is 4. The molecule has 0 saturated heterocycles. The van der Waals surface area contributed by atoms with Crippen LogP contribution in [0.5, 0.6) is 0 Å². The monoisotopic (exact) mass is 408 g/mol.